The SMILES string of the molecule is CNc1ccc(C(=O)OCl)cc1. The predicted molar refractivity (Wildman–Crippen MR) is 47.3 cm³/mol. The largest absolute Gasteiger partial charge is 0.388 e. The van der Waals surface area contributed by atoms with Crippen LogP contribution in [0.1, 0.15) is 10.4 Å². The summed E-state index contributed by atoms with van der Waals surface area (Å²) in [4.78, 5) is 10.8. The van der Waals surface area contributed by atoms with Crippen LogP contribution < -0.4 is 5.32 Å². The van der Waals surface area contributed by atoms with Crippen molar-refractivity contribution in [1.29, 1.82) is 0 Å². The zero-order valence-electron chi connectivity index (χ0n) is 6.50. The van der Waals surface area contributed by atoms with Gasteiger partial charge in [0, 0.05) is 12.7 Å². The molecular formula is C8H8ClNO2. The first-order valence-electron chi connectivity index (χ1n) is 3.38. The van der Waals surface area contributed by atoms with Gasteiger partial charge < -0.3 is 9.61 Å². The third kappa shape index (κ3) is 1.89. The van der Waals surface area contributed by atoms with E-state index in [1.165, 1.54) is 0 Å². The average Bonchev–Trinajstić information content (AvgIpc) is 2.17. The Balaban J connectivity index is 2.84. The first kappa shape index (κ1) is 8.87. The van der Waals surface area contributed by atoms with Gasteiger partial charge in [0.1, 0.15) is 11.9 Å². The molecule has 0 heterocycles. The second kappa shape index (κ2) is 3.97. The fourth-order valence-electron chi connectivity index (χ4n) is 0.818. The van der Waals surface area contributed by atoms with Gasteiger partial charge in [-0.2, -0.15) is 0 Å². The van der Waals surface area contributed by atoms with Gasteiger partial charge >= 0.3 is 5.97 Å². The van der Waals surface area contributed by atoms with Crippen LogP contribution >= 0.6 is 11.9 Å². The third-order valence-electron chi connectivity index (χ3n) is 1.48. The van der Waals surface area contributed by atoms with Crippen LogP contribution in [0.4, 0.5) is 5.69 Å². The Labute approximate surface area is 75.5 Å². The molecule has 0 aliphatic rings. The zero-order chi connectivity index (χ0) is 8.97. The summed E-state index contributed by atoms with van der Waals surface area (Å²) >= 11 is 4.90. The van der Waals surface area contributed by atoms with Crippen molar-refractivity contribution in [2.24, 2.45) is 0 Å². The summed E-state index contributed by atoms with van der Waals surface area (Å²) in [5.41, 5.74) is 1.37. The highest BCUT2D eigenvalue weighted by Crippen LogP contribution is 2.09. The predicted octanol–water partition coefficient (Wildman–Crippen LogP) is 2.04. The second-order valence-electron chi connectivity index (χ2n) is 2.19. The monoisotopic (exact) mass is 185 g/mol. The van der Waals surface area contributed by atoms with Gasteiger partial charge in [-0.25, -0.2) is 4.79 Å². The summed E-state index contributed by atoms with van der Waals surface area (Å²) in [6.45, 7) is 0. The normalized spacial score (nSPS) is 9.17. The molecule has 0 saturated heterocycles. The molecule has 0 unspecified atom stereocenters. The Hall–Kier alpha value is -1.22. The fraction of sp³-hybridized carbons (Fsp3) is 0.125. The number of carbonyl (C=O) groups excluding carboxylic acids is 1. The molecule has 3 nitrogen and oxygen atoms in total. The number of halogens is 1. The van der Waals surface area contributed by atoms with Gasteiger partial charge in [-0.05, 0) is 24.3 Å². The lowest BCUT2D eigenvalue weighted by Crippen LogP contribution is -1.97. The molecule has 0 saturated carbocycles. The molecule has 1 aromatic carbocycles. The number of nitrogens with one attached hydrogen (secondary N) is 1. The molecule has 1 N–H and O–H groups in total. The number of benzene rings is 1. The Morgan fingerprint density at radius 2 is 2.00 bits per heavy atom. The molecule has 12 heavy (non-hydrogen) atoms. The number of rotatable bonds is 2. The first-order chi connectivity index (χ1) is 5.77. The Kier molecular flexibility index (Phi) is 2.94. The summed E-state index contributed by atoms with van der Waals surface area (Å²) in [5, 5.41) is 2.93. The lowest BCUT2D eigenvalue weighted by Gasteiger charge is -1.99. The van der Waals surface area contributed by atoms with Crippen LogP contribution in [0.2, 0.25) is 0 Å². The molecule has 1 rings (SSSR count). The standard InChI is InChI=1S/C8H8ClNO2/c1-10-7-4-2-6(3-5-7)8(11)12-9/h2-5,10H,1H3. The molecule has 0 aliphatic carbocycles. The second-order valence-corrected chi connectivity index (χ2v) is 2.35. The van der Waals surface area contributed by atoms with Gasteiger partial charge in [0.15, 0.2) is 0 Å². The zero-order valence-corrected chi connectivity index (χ0v) is 7.26. The lowest BCUT2D eigenvalue weighted by atomic mass is 10.2. The Morgan fingerprint density at radius 1 is 1.42 bits per heavy atom. The van der Waals surface area contributed by atoms with Gasteiger partial charge in [-0.15, -0.1) is 0 Å². The van der Waals surface area contributed by atoms with Crippen molar-refractivity contribution >= 4 is 23.5 Å². The molecule has 0 aliphatic heterocycles. The van der Waals surface area contributed by atoms with Gasteiger partial charge in [0.25, 0.3) is 0 Å². The van der Waals surface area contributed by atoms with E-state index in [1.54, 1.807) is 31.3 Å². The summed E-state index contributed by atoms with van der Waals surface area (Å²) in [6.07, 6.45) is 0. The van der Waals surface area contributed by atoms with Crippen molar-refractivity contribution < 1.29 is 9.08 Å². The van der Waals surface area contributed by atoms with E-state index < -0.39 is 5.97 Å². The van der Waals surface area contributed by atoms with E-state index in [2.05, 4.69) is 9.61 Å². The van der Waals surface area contributed by atoms with Crippen LogP contribution in [0, 0.1) is 0 Å². The number of carbonyl (C=O) groups is 1. The molecule has 0 fully saturated rings. The maximum Gasteiger partial charge on any atom is 0.356 e. The maximum absolute atomic E-state index is 10.8. The molecule has 0 atom stereocenters. The van der Waals surface area contributed by atoms with Crippen LogP contribution in [-0.2, 0) is 4.29 Å². The van der Waals surface area contributed by atoms with Crippen LogP contribution in [0.25, 0.3) is 0 Å². The van der Waals surface area contributed by atoms with Crippen LogP contribution in [0.5, 0.6) is 0 Å². The molecule has 0 aromatic heterocycles. The van der Waals surface area contributed by atoms with Gasteiger partial charge in [0.2, 0.25) is 0 Å². The quantitative estimate of drug-likeness (QED) is 0.767. The van der Waals surface area contributed by atoms with E-state index in [1.807, 2.05) is 0 Å². The smallest absolute Gasteiger partial charge is 0.356 e. The molecule has 1 aromatic rings. The van der Waals surface area contributed by atoms with E-state index in [-0.39, 0.29) is 0 Å². The van der Waals surface area contributed by atoms with Crippen molar-refractivity contribution in [2.75, 3.05) is 12.4 Å². The van der Waals surface area contributed by atoms with E-state index >= 15 is 0 Å². The molecule has 0 spiro atoms. The van der Waals surface area contributed by atoms with Gasteiger partial charge in [-0.3, -0.25) is 0 Å². The third-order valence-corrected chi connectivity index (χ3v) is 1.62. The van der Waals surface area contributed by atoms with Crippen molar-refractivity contribution in [1.82, 2.24) is 0 Å². The van der Waals surface area contributed by atoms with Crippen molar-refractivity contribution in [3.05, 3.63) is 29.8 Å². The average molecular weight is 186 g/mol. The van der Waals surface area contributed by atoms with E-state index in [0.717, 1.165) is 5.69 Å². The number of hydrogen-bond donors (Lipinski definition) is 1. The lowest BCUT2D eigenvalue weighted by molar-refractivity contribution is 0.0751. The number of hydrogen-bond acceptors (Lipinski definition) is 3. The highest BCUT2D eigenvalue weighted by Gasteiger charge is 2.04. The molecule has 4 heteroatoms. The molecular weight excluding hydrogens is 178 g/mol. The minimum Gasteiger partial charge on any atom is -0.388 e. The summed E-state index contributed by atoms with van der Waals surface area (Å²) < 4.78 is 4.02. The van der Waals surface area contributed by atoms with E-state index in [0.29, 0.717) is 5.56 Å². The van der Waals surface area contributed by atoms with Crippen LogP contribution in [0.3, 0.4) is 0 Å². The maximum atomic E-state index is 10.8. The van der Waals surface area contributed by atoms with Crippen molar-refractivity contribution in [3.8, 4) is 0 Å². The highest BCUT2D eigenvalue weighted by atomic mass is 35.5. The summed E-state index contributed by atoms with van der Waals surface area (Å²) in [7, 11) is 1.80. The Bertz CT molecular complexity index is 271. The van der Waals surface area contributed by atoms with Crippen molar-refractivity contribution in [3.63, 3.8) is 0 Å². The van der Waals surface area contributed by atoms with Crippen LogP contribution in [-0.4, -0.2) is 13.0 Å². The highest BCUT2D eigenvalue weighted by molar-refractivity contribution is 6.15. The molecule has 64 valence electrons. The van der Waals surface area contributed by atoms with Crippen molar-refractivity contribution in [2.45, 2.75) is 0 Å². The minimum absolute atomic E-state index is 0.434. The molecule has 0 amide bonds. The van der Waals surface area contributed by atoms with Crippen LogP contribution in [0.15, 0.2) is 24.3 Å². The van der Waals surface area contributed by atoms with Gasteiger partial charge in [-0.1, -0.05) is 0 Å². The van der Waals surface area contributed by atoms with E-state index in [9.17, 15) is 4.79 Å². The summed E-state index contributed by atoms with van der Waals surface area (Å²) in [5.74, 6) is -0.542. The number of anilines is 1. The molecule has 0 bridgehead atoms. The minimum atomic E-state index is -0.542. The van der Waals surface area contributed by atoms with E-state index in [4.69, 9.17) is 11.9 Å². The fourth-order valence-corrected chi connectivity index (χ4v) is 0.907. The topological polar surface area (TPSA) is 38.3 Å². The van der Waals surface area contributed by atoms with Gasteiger partial charge in [0.05, 0.1) is 5.56 Å². The molecule has 0 radical (unpaired) electrons. The Morgan fingerprint density at radius 3 is 2.42 bits per heavy atom. The first-order valence-corrected chi connectivity index (χ1v) is 3.69. The summed E-state index contributed by atoms with van der Waals surface area (Å²) in [6, 6.07) is 6.80.